The highest BCUT2D eigenvalue weighted by atomic mass is 35.5. The molecule has 0 saturated carbocycles. The average molecular weight is 245 g/mol. The van der Waals surface area contributed by atoms with Crippen molar-refractivity contribution in [2.24, 2.45) is 0 Å². The van der Waals surface area contributed by atoms with Crippen LogP contribution in [0.25, 0.3) is 0 Å². The molecule has 84 valence electrons. The average Bonchev–Trinajstić information content (AvgIpc) is 2.64. The summed E-state index contributed by atoms with van der Waals surface area (Å²) in [6, 6.07) is 12.8. The second kappa shape index (κ2) is 3.86. The van der Waals surface area contributed by atoms with Gasteiger partial charge in [0, 0.05) is 17.3 Å². The lowest BCUT2D eigenvalue weighted by molar-refractivity contribution is 0.0995. The van der Waals surface area contributed by atoms with E-state index in [2.05, 4.69) is 4.98 Å². The predicted molar refractivity (Wildman–Crippen MR) is 66.1 cm³/mol. The zero-order valence-electron chi connectivity index (χ0n) is 8.88. The molecule has 1 aromatic heterocycles. The van der Waals surface area contributed by atoms with Gasteiger partial charge in [-0.05, 0) is 18.2 Å². The smallest absolute Gasteiger partial charge is 0.261 e. The number of rotatable bonds is 1. The fourth-order valence-electron chi connectivity index (χ4n) is 1.99. The van der Waals surface area contributed by atoms with Crippen LogP contribution < -0.4 is 4.90 Å². The topological polar surface area (TPSA) is 33.2 Å². The first-order valence-electron chi connectivity index (χ1n) is 5.26. The monoisotopic (exact) mass is 244 g/mol. The highest BCUT2D eigenvalue weighted by molar-refractivity contribution is 6.29. The van der Waals surface area contributed by atoms with Gasteiger partial charge in [-0.15, -0.1) is 0 Å². The highest BCUT2D eigenvalue weighted by Gasteiger charge is 2.36. The number of amides is 1. The number of carbonyl (C=O) groups is 1. The number of anilines is 1. The second-order valence-corrected chi connectivity index (χ2v) is 4.20. The van der Waals surface area contributed by atoms with Crippen molar-refractivity contribution < 1.29 is 4.79 Å². The summed E-state index contributed by atoms with van der Waals surface area (Å²) in [4.78, 5) is 17.9. The highest BCUT2D eigenvalue weighted by Crippen LogP contribution is 2.38. The zero-order valence-corrected chi connectivity index (χ0v) is 9.63. The van der Waals surface area contributed by atoms with Gasteiger partial charge < -0.3 is 0 Å². The number of pyridine rings is 1. The lowest BCUT2D eigenvalue weighted by Gasteiger charge is -2.18. The quantitative estimate of drug-likeness (QED) is 0.571. The van der Waals surface area contributed by atoms with Gasteiger partial charge in [0.2, 0.25) is 0 Å². The summed E-state index contributed by atoms with van der Waals surface area (Å²) in [6.45, 7) is 0. The minimum absolute atomic E-state index is 0.0979. The van der Waals surface area contributed by atoms with E-state index < -0.39 is 5.50 Å². The number of alkyl halides is 1. The summed E-state index contributed by atoms with van der Waals surface area (Å²) in [6.07, 6.45) is 1.65. The van der Waals surface area contributed by atoms with Gasteiger partial charge in [0.05, 0.1) is 0 Å². The first-order chi connectivity index (χ1) is 8.29. The van der Waals surface area contributed by atoms with Gasteiger partial charge in [-0.2, -0.15) is 0 Å². The van der Waals surface area contributed by atoms with Crippen LogP contribution in [0, 0.1) is 0 Å². The number of hydrogen-bond acceptors (Lipinski definition) is 2. The standard InChI is InChI=1S/C13H9ClN2O/c14-12-9-5-1-2-6-10(9)13(17)16(12)11-7-3-4-8-15-11/h1-8,12H. The molecule has 17 heavy (non-hydrogen) atoms. The van der Waals surface area contributed by atoms with Crippen LogP contribution in [0.3, 0.4) is 0 Å². The van der Waals surface area contributed by atoms with E-state index in [-0.39, 0.29) is 5.91 Å². The first kappa shape index (κ1) is 10.3. The van der Waals surface area contributed by atoms with E-state index in [1.165, 1.54) is 4.90 Å². The van der Waals surface area contributed by atoms with Crippen LogP contribution in [0.15, 0.2) is 48.7 Å². The Morgan fingerprint density at radius 3 is 2.59 bits per heavy atom. The molecule has 4 heteroatoms. The summed E-state index contributed by atoms with van der Waals surface area (Å²) in [5, 5.41) is 0. The molecule has 1 amide bonds. The summed E-state index contributed by atoms with van der Waals surface area (Å²) < 4.78 is 0. The first-order valence-corrected chi connectivity index (χ1v) is 5.70. The Hall–Kier alpha value is -1.87. The Bertz CT molecular complexity index is 571. The Balaban J connectivity index is 2.10. The van der Waals surface area contributed by atoms with E-state index in [0.29, 0.717) is 11.4 Å². The molecule has 1 aromatic carbocycles. The molecular weight excluding hydrogens is 236 g/mol. The van der Waals surface area contributed by atoms with Gasteiger partial charge in [-0.3, -0.25) is 9.69 Å². The van der Waals surface area contributed by atoms with Crippen molar-refractivity contribution in [3.8, 4) is 0 Å². The third kappa shape index (κ3) is 1.51. The number of nitrogens with zero attached hydrogens (tertiary/aromatic N) is 2. The molecule has 0 fully saturated rings. The summed E-state index contributed by atoms with van der Waals surface area (Å²) in [5.74, 6) is 0.480. The van der Waals surface area contributed by atoms with E-state index in [1.54, 1.807) is 24.4 Å². The Morgan fingerprint density at radius 2 is 1.88 bits per heavy atom. The van der Waals surface area contributed by atoms with E-state index in [4.69, 9.17) is 11.6 Å². The van der Waals surface area contributed by atoms with Gasteiger partial charge in [-0.1, -0.05) is 35.9 Å². The molecular formula is C13H9ClN2O. The Kier molecular flexibility index (Phi) is 2.34. The normalized spacial score (nSPS) is 18.3. The molecule has 1 unspecified atom stereocenters. The third-order valence-corrected chi connectivity index (χ3v) is 3.22. The van der Waals surface area contributed by atoms with Crippen molar-refractivity contribution >= 4 is 23.3 Å². The molecule has 0 bridgehead atoms. The Morgan fingerprint density at radius 1 is 1.12 bits per heavy atom. The Labute approximate surface area is 104 Å². The maximum atomic E-state index is 12.2. The van der Waals surface area contributed by atoms with Gasteiger partial charge in [0.1, 0.15) is 11.3 Å². The third-order valence-electron chi connectivity index (χ3n) is 2.79. The van der Waals surface area contributed by atoms with Crippen LogP contribution in [-0.2, 0) is 0 Å². The SMILES string of the molecule is O=C1c2ccccc2C(Cl)N1c1ccccn1. The van der Waals surface area contributed by atoms with E-state index in [9.17, 15) is 4.79 Å². The molecule has 1 atom stereocenters. The number of benzene rings is 1. The number of aromatic nitrogens is 1. The molecule has 0 aliphatic carbocycles. The largest absolute Gasteiger partial charge is 0.271 e. The molecule has 0 radical (unpaired) electrons. The van der Waals surface area contributed by atoms with Crippen LogP contribution in [0.2, 0.25) is 0 Å². The molecule has 3 rings (SSSR count). The number of halogens is 1. The van der Waals surface area contributed by atoms with Crippen LogP contribution >= 0.6 is 11.6 Å². The van der Waals surface area contributed by atoms with Crippen LogP contribution in [0.5, 0.6) is 0 Å². The molecule has 0 spiro atoms. The maximum Gasteiger partial charge on any atom is 0.261 e. The number of fused-ring (bicyclic) bond motifs is 1. The van der Waals surface area contributed by atoms with Gasteiger partial charge in [0.15, 0.2) is 0 Å². The second-order valence-electron chi connectivity index (χ2n) is 3.79. The summed E-state index contributed by atoms with van der Waals surface area (Å²) in [5.41, 5.74) is 1.01. The van der Waals surface area contributed by atoms with E-state index >= 15 is 0 Å². The van der Waals surface area contributed by atoms with Crippen LogP contribution in [-0.4, -0.2) is 10.9 Å². The van der Waals surface area contributed by atoms with Crippen molar-refractivity contribution in [2.75, 3.05) is 4.90 Å². The zero-order chi connectivity index (χ0) is 11.8. The summed E-state index contributed by atoms with van der Waals surface area (Å²) >= 11 is 6.30. The number of carbonyl (C=O) groups excluding carboxylic acids is 1. The molecule has 3 nitrogen and oxygen atoms in total. The predicted octanol–water partition coefficient (Wildman–Crippen LogP) is 2.98. The fraction of sp³-hybridized carbons (Fsp3) is 0.0769. The molecule has 0 N–H and O–H groups in total. The molecule has 1 aliphatic heterocycles. The van der Waals surface area contributed by atoms with Crippen molar-refractivity contribution in [3.63, 3.8) is 0 Å². The van der Waals surface area contributed by atoms with Crippen LogP contribution in [0.4, 0.5) is 5.82 Å². The lowest BCUT2D eigenvalue weighted by atomic mass is 10.1. The van der Waals surface area contributed by atoms with Gasteiger partial charge in [-0.25, -0.2) is 4.98 Å². The molecule has 2 heterocycles. The molecule has 2 aromatic rings. The maximum absolute atomic E-state index is 12.2. The van der Waals surface area contributed by atoms with Crippen molar-refractivity contribution in [2.45, 2.75) is 5.50 Å². The minimum Gasteiger partial charge on any atom is -0.271 e. The van der Waals surface area contributed by atoms with Crippen molar-refractivity contribution in [3.05, 3.63) is 59.8 Å². The number of hydrogen-bond donors (Lipinski definition) is 0. The molecule has 1 aliphatic rings. The van der Waals surface area contributed by atoms with E-state index in [0.717, 1.165) is 5.56 Å². The summed E-state index contributed by atoms with van der Waals surface area (Å²) in [7, 11) is 0. The lowest BCUT2D eigenvalue weighted by Crippen LogP contribution is -2.25. The molecule has 0 saturated heterocycles. The minimum atomic E-state index is -0.478. The van der Waals surface area contributed by atoms with Crippen molar-refractivity contribution in [1.82, 2.24) is 4.98 Å². The van der Waals surface area contributed by atoms with Gasteiger partial charge >= 0.3 is 0 Å². The fourth-order valence-corrected chi connectivity index (χ4v) is 2.37. The van der Waals surface area contributed by atoms with E-state index in [1.807, 2.05) is 24.3 Å². The van der Waals surface area contributed by atoms with Crippen LogP contribution in [0.1, 0.15) is 21.4 Å². The van der Waals surface area contributed by atoms with Crippen molar-refractivity contribution in [1.29, 1.82) is 0 Å². The van der Waals surface area contributed by atoms with Gasteiger partial charge in [0.25, 0.3) is 5.91 Å².